The maximum absolute atomic E-state index is 13.1. The molecule has 0 aliphatic rings. The van der Waals surface area contributed by atoms with Gasteiger partial charge in [0.2, 0.25) is 5.75 Å². The number of hydrogen-bond acceptors (Lipinski definition) is 4. The van der Waals surface area contributed by atoms with Crippen LogP contribution in [0.15, 0.2) is 36.4 Å². The molecule has 2 aromatic carbocycles. The zero-order valence-corrected chi connectivity index (χ0v) is 14.9. The number of hydrogen-bond donors (Lipinski definition) is 0. The lowest BCUT2D eigenvalue weighted by Gasteiger charge is -2.22. The second kappa shape index (κ2) is 8.77. The van der Waals surface area contributed by atoms with Gasteiger partial charge in [0, 0.05) is 12.1 Å². The van der Waals surface area contributed by atoms with Crippen molar-refractivity contribution in [3.63, 3.8) is 0 Å². The summed E-state index contributed by atoms with van der Waals surface area (Å²) >= 11 is 0. The molecule has 0 atom stereocenters. The molecule has 1 amide bonds. The van der Waals surface area contributed by atoms with Crippen molar-refractivity contribution in [2.45, 2.75) is 6.54 Å². The van der Waals surface area contributed by atoms with E-state index in [1.807, 2.05) is 0 Å². The van der Waals surface area contributed by atoms with Gasteiger partial charge in [-0.1, -0.05) is 18.1 Å². The lowest BCUT2D eigenvalue weighted by Crippen LogP contribution is -2.31. The van der Waals surface area contributed by atoms with Crippen molar-refractivity contribution < 1.29 is 23.4 Å². The van der Waals surface area contributed by atoms with Crippen molar-refractivity contribution in [3.05, 3.63) is 53.3 Å². The normalized spacial score (nSPS) is 9.96. The first-order chi connectivity index (χ1) is 12.5. The van der Waals surface area contributed by atoms with Gasteiger partial charge in [-0.2, -0.15) is 0 Å². The number of carbonyl (C=O) groups excluding carboxylic acids is 1. The smallest absolute Gasteiger partial charge is 0.255 e. The number of nitrogens with zero attached hydrogens (tertiary/aromatic N) is 1. The van der Waals surface area contributed by atoms with E-state index in [0.29, 0.717) is 22.8 Å². The van der Waals surface area contributed by atoms with Crippen molar-refractivity contribution >= 4 is 5.91 Å². The van der Waals surface area contributed by atoms with Gasteiger partial charge in [0.25, 0.3) is 5.91 Å². The summed E-state index contributed by atoms with van der Waals surface area (Å²) in [6.45, 7) is 0.354. The predicted molar refractivity (Wildman–Crippen MR) is 96.1 cm³/mol. The van der Waals surface area contributed by atoms with Gasteiger partial charge in [-0.15, -0.1) is 6.42 Å². The van der Waals surface area contributed by atoms with E-state index in [1.54, 1.807) is 24.3 Å². The van der Waals surface area contributed by atoms with E-state index >= 15 is 0 Å². The van der Waals surface area contributed by atoms with Gasteiger partial charge in [-0.25, -0.2) is 4.39 Å². The fourth-order valence-electron chi connectivity index (χ4n) is 2.51. The molecule has 0 fully saturated rings. The summed E-state index contributed by atoms with van der Waals surface area (Å²) in [7, 11) is 4.44. The zero-order valence-electron chi connectivity index (χ0n) is 14.9. The highest BCUT2D eigenvalue weighted by molar-refractivity contribution is 5.95. The molecule has 0 unspecified atom stereocenters. The molecule has 0 aliphatic carbocycles. The van der Waals surface area contributed by atoms with E-state index in [2.05, 4.69) is 5.92 Å². The highest BCUT2D eigenvalue weighted by atomic mass is 19.1. The molecule has 6 heteroatoms. The fourth-order valence-corrected chi connectivity index (χ4v) is 2.51. The van der Waals surface area contributed by atoms with E-state index in [9.17, 15) is 9.18 Å². The third-order valence-corrected chi connectivity index (χ3v) is 3.77. The average molecular weight is 357 g/mol. The number of carbonyl (C=O) groups is 1. The minimum atomic E-state index is -0.340. The van der Waals surface area contributed by atoms with Crippen molar-refractivity contribution in [2.75, 3.05) is 27.9 Å². The summed E-state index contributed by atoms with van der Waals surface area (Å²) < 4.78 is 28.9. The maximum atomic E-state index is 13.1. The van der Waals surface area contributed by atoms with Crippen LogP contribution in [0.4, 0.5) is 4.39 Å². The average Bonchev–Trinajstić information content (AvgIpc) is 2.67. The number of halogens is 1. The van der Waals surface area contributed by atoms with E-state index in [1.165, 1.54) is 38.4 Å². The Labute approximate surface area is 152 Å². The van der Waals surface area contributed by atoms with Crippen LogP contribution in [0.1, 0.15) is 15.9 Å². The van der Waals surface area contributed by atoms with Gasteiger partial charge in [0.05, 0.1) is 27.9 Å². The second-order valence-electron chi connectivity index (χ2n) is 5.41. The molecule has 0 spiro atoms. The van der Waals surface area contributed by atoms with Crippen LogP contribution in [0.3, 0.4) is 0 Å². The van der Waals surface area contributed by atoms with Crippen molar-refractivity contribution in [1.29, 1.82) is 0 Å². The minimum absolute atomic E-state index is 0.104. The third-order valence-electron chi connectivity index (χ3n) is 3.77. The Hall–Kier alpha value is -3.20. The molecule has 0 bridgehead atoms. The molecule has 136 valence electrons. The van der Waals surface area contributed by atoms with Gasteiger partial charge in [0.15, 0.2) is 11.5 Å². The lowest BCUT2D eigenvalue weighted by atomic mass is 10.1. The number of benzene rings is 2. The molecule has 0 heterocycles. The molecule has 0 saturated carbocycles. The van der Waals surface area contributed by atoms with Crippen LogP contribution in [0.2, 0.25) is 0 Å². The van der Waals surface area contributed by atoms with Crippen LogP contribution in [-0.2, 0) is 6.54 Å². The van der Waals surface area contributed by atoms with E-state index in [-0.39, 0.29) is 24.8 Å². The zero-order chi connectivity index (χ0) is 19.1. The van der Waals surface area contributed by atoms with Crippen LogP contribution < -0.4 is 14.2 Å². The first-order valence-electron chi connectivity index (χ1n) is 7.81. The minimum Gasteiger partial charge on any atom is -0.493 e. The summed E-state index contributed by atoms with van der Waals surface area (Å²) in [5.74, 6) is 2.98. The van der Waals surface area contributed by atoms with Crippen LogP contribution >= 0.6 is 0 Å². The first-order valence-corrected chi connectivity index (χ1v) is 7.81. The monoisotopic (exact) mass is 357 g/mol. The van der Waals surface area contributed by atoms with Crippen LogP contribution in [0.5, 0.6) is 17.2 Å². The molecular formula is C20H20FNO4. The Kier molecular flexibility index (Phi) is 6.45. The Bertz CT molecular complexity index is 787. The van der Waals surface area contributed by atoms with Crippen LogP contribution in [0, 0.1) is 18.2 Å². The largest absolute Gasteiger partial charge is 0.493 e. The summed E-state index contributed by atoms with van der Waals surface area (Å²) in [6, 6.07) is 9.04. The number of ether oxygens (including phenoxy) is 3. The van der Waals surface area contributed by atoms with E-state index in [0.717, 1.165) is 5.56 Å². The quantitative estimate of drug-likeness (QED) is 0.715. The fraction of sp³-hybridized carbons (Fsp3) is 0.250. The highest BCUT2D eigenvalue weighted by Crippen LogP contribution is 2.38. The number of rotatable bonds is 7. The molecule has 26 heavy (non-hydrogen) atoms. The van der Waals surface area contributed by atoms with Gasteiger partial charge in [0.1, 0.15) is 5.82 Å². The molecule has 2 aromatic rings. The molecule has 2 rings (SSSR count). The maximum Gasteiger partial charge on any atom is 0.255 e. The molecule has 0 saturated heterocycles. The molecule has 0 radical (unpaired) electrons. The molecule has 0 aromatic heterocycles. The van der Waals surface area contributed by atoms with Gasteiger partial charge in [-0.05, 0) is 29.8 Å². The number of methoxy groups -OCH3 is 3. The van der Waals surface area contributed by atoms with Gasteiger partial charge >= 0.3 is 0 Å². The summed E-state index contributed by atoms with van der Waals surface area (Å²) in [6.07, 6.45) is 5.41. The summed E-state index contributed by atoms with van der Waals surface area (Å²) in [5.41, 5.74) is 1.11. The summed E-state index contributed by atoms with van der Waals surface area (Å²) in [5, 5.41) is 0. The van der Waals surface area contributed by atoms with Crippen LogP contribution in [-0.4, -0.2) is 38.7 Å². The third kappa shape index (κ3) is 4.25. The molecule has 0 aliphatic heterocycles. The van der Waals surface area contributed by atoms with Crippen LogP contribution in [0.25, 0.3) is 0 Å². The Morgan fingerprint density at radius 2 is 1.65 bits per heavy atom. The Morgan fingerprint density at radius 1 is 1.08 bits per heavy atom. The number of terminal acetylenes is 1. The van der Waals surface area contributed by atoms with Crippen molar-refractivity contribution in [2.24, 2.45) is 0 Å². The number of amides is 1. The topological polar surface area (TPSA) is 48.0 Å². The lowest BCUT2D eigenvalue weighted by molar-refractivity contribution is 0.0765. The Balaban J connectivity index is 2.36. The molecule has 0 N–H and O–H groups in total. The summed E-state index contributed by atoms with van der Waals surface area (Å²) in [4.78, 5) is 14.4. The standard InChI is InChI=1S/C20H20FNO4/c1-5-10-22(13-14-6-8-16(21)9-7-14)20(23)15-11-17(24-2)19(26-4)18(12-15)25-3/h1,6-9,11-12H,10,13H2,2-4H3. The first kappa shape index (κ1) is 19.1. The Morgan fingerprint density at radius 3 is 2.12 bits per heavy atom. The van der Waals surface area contributed by atoms with Gasteiger partial charge < -0.3 is 19.1 Å². The SMILES string of the molecule is C#CCN(Cc1ccc(F)cc1)C(=O)c1cc(OC)c(OC)c(OC)c1. The van der Waals surface area contributed by atoms with Crippen molar-refractivity contribution in [1.82, 2.24) is 4.90 Å². The van der Waals surface area contributed by atoms with Gasteiger partial charge in [-0.3, -0.25) is 4.79 Å². The molecular weight excluding hydrogens is 337 g/mol. The van der Waals surface area contributed by atoms with Crippen molar-refractivity contribution in [3.8, 4) is 29.6 Å². The van der Waals surface area contributed by atoms with E-state index in [4.69, 9.17) is 20.6 Å². The second-order valence-corrected chi connectivity index (χ2v) is 5.41. The highest BCUT2D eigenvalue weighted by Gasteiger charge is 2.21. The molecule has 5 nitrogen and oxygen atoms in total. The van der Waals surface area contributed by atoms with E-state index < -0.39 is 0 Å². The predicted octanol–water partition coefficient (Wildman–Crippen LogP) is 3.13.